The van der Waals surface area contributed by atoms with Crippen LogP contribution in [0.5, 0.6) is 0 Å². The molecule has 0 aromatic rings. The molecule has 5 nitrogen and oxygen atoms in total. The van der Waals surface area contributed by atoms with Gasteiger partial charge in [-0.3, -0.25) is 9.59 Å². The minimum Gasteiger partial charge on any atom is -0.480 e. The lowest BCUT2D eigenvalue weighted by atomic mass is 10.1. The molecule has 0 aromatic carbocycles. The molecule has 1 unspecified atom stereocenters. The topological polar surface area (TPSA) is 86.6 Å². The monoisotopic (exact) mass is 215 g/mol. The van der Waals surface area contributed by atoms with E-state index in [1.807, 2.05) is 13.0 Å². The Morgan fingerprint density at radius 2 is 2.07 bits per heavy atom. The molecule has 0 bridgehead atoms. The number of amides is 1. The number of carboxylic acid groups (broad SMARTS) is 1. The SMILES string of the molecule is CC/C=C/CC(O)CC(=O)NCC(=O)O. The van der Waals surface area contributed by atoms with Gasteiger partial charge in [-0.2, -0.15) is 0 Å². The van der Waals surface area contributed by atoms with E-state index < -0.39 is 24.5 Å². The highest BCUT2D eigenvalue weighted by Crippen LogP contribution is 1.99. The second kappa shape index (κ2) is 7.99. The summed E-state index contributed by atoms with van der Waals surface area (Å²) in [5.74, 6) is -1.54. The third-order valence-electron chi connectivity index (χ3n) is 1.67. The molecule has 0 aliphatic rings. The fraction of sp³-hybridized carbons (Fsp3) is 0.600. The molecule has 5 heteroatoms. The Kier molecular flexibility index (Phi) is 7.27. The molecular formula is C10H17NO4. The molecule has 86 valence electrons. The highest BCUT2D eigenvalue weighted by atomic mass is 16.4. The highest BCUT2D eigenvalue weighted by molar-refractivity contribution is 5.81. The minimum absolute atomic E-state index is 0.0681. The molecule has 0 aliphatic carbocycles. The van der Waals surface area contributed by atoms with Gasteiger partial charge in [-0.1, -0.05) is 19.1 Å². The van der Waals surface area contributed by atoms with Crippen LogP contribution in [0.4, 0.5) is 0 Å². The van der Waals surface area contributed by atoms with E-state index in [2.05, 4.69) is 5.32 Å². The van der Waals surface area contributed by atoms with Crippen LogP contribution in [0.25, 0.3) is 0 Å². The number of carbonyl (C=O) groups is 2. The highest BCUT2D eigenvalue weighted by Gasteiger charge is 2.09. The predicted molar refractivity (Wildman–Crippen MR) is 55.3 cm³/mol. The van der Waals surface area contributed by atoms with Crippen molar-refractivity contribution in [2.45, 2.75) is 32.3 Å². The average Bonchev–Trinajstić information content (AvgIpc) is 2.15. The van der Waals surface area contributed by atoms with Gasteiger partial charge in [0, 0.05) is 0 Å². The summed E-state index contributed by atoms with van der Waals surface area (Å²) in [7, 11) is 0. The number of nitrogens with one attached hydrogen (secondary N) is 1. The van der Waals surface area contributed by atoms with Gasteiger partial charge in [-0.05, 0) is 12.8 Å². The van der Waals surface area contributed by atoms with Gasteiger partial charge in [0.25, 0.3) is 0 Å². The van der Waals surface area contributed by atoms with Gasteiger partial charge < -0.3 is 15.5 Å². The molecule has 1 amide bonds. The van der Waals surface area contributed by atoms with Crippen LogP contribution in [0.1, 0.15) is 26.2 Å². The fourth-order valence-corrected chi connectivity index (χ4v) is 0.964. The quantitative estimate of drug-likeness (QED) is 0.533. The summed E-state index contributed by atoms with van der Waals surface area (Å²) in [6.07, 6.45) is 4.18. The first-order valence-corrected chi connectivity index (χ1v) is 4.87. The Morgan fingerprint density at radius 3 is 2.60 bits per heavy atom. The maximum atomic E-state index is 11.0. The molecule has 1 atom stereocenters. The van der Waals surface area contributed by atoms with E-state index >= 15 is 0 Å². The summed E-state index contributed by atoms with van der Waals surface area (Å²) in [5.41, 5.74) is 0. The van der Waals surface area contributed by atoms with Crippen molar-refractivity contribution < 1.29 is 19.8 Å². The standard InChI is InChI=1S/C10H17NO4/c1-2-3-4-5-8(12)6-9(13)11-7-10(14)15/h3-4,8,12H,2,5-7H2,1H3,(H,11,13)(H,14,15)/b4-3+. The van der Waals surface area contributed by atoms with Crippen molar-refractivity contribution in [1.29, 1.82) is 0 Å². The molecule has 0 saturated carbocycles. The van der Waals surface area contributed by atoms with Crippen molar-refractivity contribution in [3.8, 4) is 0 Å². The van der Waals surface area contributed by atoms with Crippen molar-refractivity contribution in [2.24, 2.45) is 0 Å². The zero-order valence-corrected chi connectivity index (χ0v) is 8.77. The number of aliphatic hydroxyl groups is 1. The summed E-state index contributed by atoms with van der Waals surface area (Å²) in [6.45, 7) is 1.57. The van der Waals surface area contributed by atoms with Crippen LogP contribution in [0.2, 0.25) is 0 Å². The van der Waals surface area contributed by atoms with Crippen LogP contribution in [-0.2, 0) is 9.59 Å². The molecule has 0 aromatic heterocycles. The van der Waals surface area contributed by atoms with E-state index in [-0.39, 0.29) is 6.42 Å². The largest absolute Gasteiger partial charge is 0.480 e. The van der Waals surface area contributed by atoms with Crippen LogP contribution < -0.4 is 5.32 Å². The second-order valence-electron chi connectivity index (χ2n) is 3.14. The number of hydrogen-bond donors (Lipinski definition) is 3. The Balaban J connectivity index is 3.66. The third-order valence-corrected chi connectivity index (χ3v) is 1.67. The van der Waals surface area contributed by atoms with Crippen LogP contribution in [-0.4, -0.2) is 34.7 Å². The van der Waals surface area contributed by atoms with Crippen molar-refractivity contribution in [2.75, 3.05) is 6.54 Å². The van der Waals surface area contributed by atoms with E-state index in [0.29, 0.717) is 6.42 Å². The number of aliphatic hydroxyl groups excluding tert-OH is 1. The molecule has 0 saturated heterocycles. The maximum Gasteiger partial charge on any atom is 0.322 e. The Morgan fingerprint density at radius 1 is 1.40 bits per heavy atom. The fourth-order valence-electron chi connectivity index (χ4n) is 0.964. The first kappa shape index (κ1) is 13.6. The van der Waals surface area contributed by atoms with E-state index in [1.54, 1.807) is 6.08 Å². The van der Waals surface area contributed by atoms with Crippen LogP contribution in [0.3, 0.4) is 0 Å². The van der Waals surface area contributed by atoms with Gasteiger partial charge in [0.1, 0.15) is 6.54 Å². The molecule has 0 radical (unpaired) electrons. The van der Waals surface area contributed by atoms with E-state index in [0.717, 1.165) is 6.42 Å². The molecule has 15 heavy (non-hydrogen) atoms. The zero-order chi connectivity index (χ0) is 11.7. The molecule has 3 N–H and O–H groups in total. The van der Waals surface area contributed by atoms with E-state index in [4.69, 9.17) is 5.11 Å². The first-order chi connectivity index (χ1) is 7.06. The van der Waals surface area contributed by atoms with Crippen LogP contribution in [0, 0.1) is 0 Å². The molecule has 0 aliphatic heterocycles. The first-order valence-electron chi connectivity index (χ1n) is 4.87. The van der Waals surface area contributed by atoms with E-state index in [1.165, 1.54) is 0 Å². The summed E-state index contributed by atoms with van der Waals surface area (Å²) >= 11 is 0. The molecule has 0 heterocycles. The summed E-state index contributed by atoms with van der Waals surface area (Å²) in [5, 5.41) is 19.8. The van der Waals surface area contributed by atoms with Gasteiger partial charge in [0.05, 0.1) is 12.5 Å². The van der Waals surface area contributed by atoms with Gasteiger partial charge >= 0.3 is 5.97 Å². The van der Waals surface area contributed by atoms with Gasteiger partial charge in [-0.25, -0.2) is 0 Å². The lowest BCUT2D eigenvalue weighted by Gasteiger charge is -2.07. The third kappa shape index (κ3) is 8.96. The lowest BCUT2D eigenvalue weighted by Crippen LogP contribution is -2.31. The second-order valence-corrected chi connectivity index (χ2v) is 3.14. The Labute approximate surface area is 88.8 Å². The van der Waals surface area contributed by atoms with Crippen molar-refractivity contribution in [3.63, 3.8) is 0 Å². The van der Waals surface area contributed by atoms with E-state index in [9.17, 15) is 14.7 Å². The van der Waals surface area contributed by atoms with Crippen LogP contribution >= 0.6 is 0 Å². The lowest BCUT2D eigenvalue weighted by molar-refractivity contribution is -0.138. The van der Waals surface area contributed by atoms with Gasteiger partial charge in [0.2, 0.25) is 5.91 Å². The maximum absolute atomic E-state index is 11.0. The number of allylic oxidation sites excluding steroid dienone is 1. The van der Waals surface area contributed by atoms with Crippen LogP contribution in [0.15, 0.2) is 12.2 Å². The average molecular weight is 215 g/mol. The zero-order valence-electron chi connectivity index (χ0n) is 8.77. The number of hydrogen-bond acceptors (Lipinski definition) is 3. The Hall–Kier alpha value is -1.36. The minimum atomic E-state index is -1.09. The number of carbonyl (C=O) groups excluding carboxylic acids is 1. The number of aliphatic carboxylic acids is 1. The summed E-state index contributed by atoms with van der Waals surface area (Å²) in [6, 6.07) is 0. The van der Waals surface area contributed by atoms with Gasteiger partial charge in [0.15, 0.2) is 0 Å². The Bertz CT molecular complexity index is 238. The predicted octanol–water partition coefficient (Wildman–Crippen LogP) is 0.294. The molecule has 0 rings (SSSR count). The molecular weight excluding hydrogens is 198 g/mol. The molecule has 0 spiro atoms. The number of rotatable bonds is 7. The number of carboxylic acids is 1. The molecule has 0 fully saturated rings. The summed E-state index contributed by atoms with van der Waals surface area (Å²) < 4.78 is 0. The summed E-state index contributed by atoms with van der Waals surface area (Å²) in [4.78, 5) is 21.1. The van der Waals surface area contributed by atoms with Crippen molar-refractivity contribution in [3.05, 3.63) is 12.2 Å². The smallest absolute Gasteiger partial charge is 0.322 e. The van der Waals surface area contributed by atoms with Gasteiger partial charge in [-0.15, -0.1) is 0 Å². The normalized spacial score (nSPS) is 12.7. The van der Waals surface area contributed by atoms with Crippen molar-refractivity contribution >= 4 is 11.9 Å². The van der Waals surface area contributed by atoms with Crippen molar-refractivity contribution in [1.82, 2.24) is 5.32 Å².